The lowest BCUT2D eigenvalue weighted by molar-refractivity contribution is 0.105. The summed E-state index contributed by atoms with van der Waals surface area (Å²) in [5, 5.41) is -0.579. The number of carbonyl (C=O) groups is 1. The first-order valence-electron chi connectivity index (χ1n) is 3.43. The van der Waals surface area contributed by atoms with E-state index in [4.69, 9.17) is 16.0 Å². The molecule has 0 N–H and O–H groups in total. The Bertz CT molecular complexity index is 290. The Morgan fingerprint density at radius 2 is 2.45 bits per heavy atom. The van der Waals surface area contributed by atoms with Crippen molar-refractivity contribution < 1.29 is 9.21 Å². The van der Waals surface area contributed by atoms with Crippen LogP contribution in [-0.4, -0.2) is 10.2 Å². The Hall–Kier alpha value is -0.830. The van der Waals surface area contributed by atoms with Gasteiger partial charge in [0.2, 0.25) is 5.76 Å². The standard InChI is InChI=1S/C7H6ClNO2/c8-6(10)5-3-9-7(11-5)4-1-2-4/h3-4H,1-2H2. The van der Waals surface area contributed by atoms with Gasteiger partial charge in [0, 0.05) is 5.92 Å². The number of hydrogen-bond acceptors (Lipinski definition) is 3. The van der Waals surface area contributed by atoms with Crippen LogP contribution in [0.25, 0.3) is 0 Å². The first-order chi connectivity index (χ1) is 5.27. The molecule has 4 heteroatoms. The van der Waals surface area contributed by atoms with Gasteiger partial charge in [-0.05, 0) is 24.4 Å². The van der Waals surface area contributed by atoms with E-state index in [0.717, 1.165) is 12.8 Å². The van der Waals surface area contributed by atoms with E-state index in [9.17, 15) is 4.79 Å². The van der Waals surface area contributed by atoms with Crippen molar-refractivity contribution in [2.24, 2.45) is 0 Å². The molecule has 2 rings (SSSR count). The maximum absolute atomic E-state index is 10.5. The van der Waals surface area contributed by atoms with Gasteiger partial charge in [-0.15, -0.1) is 0 Å². The van der Waals surface area contributed by atoms with Gasteiger partial charge in [-0.3, -0.25) is 4.79 Å². The van der Waals surface area contributed by atoms with Crippen LogP contribution in [0.4, 0.5) is 0 Å². The third-order valence-electron chi connectivity index (χ3n) is 1.64. The van der Waals surface area contributed by atoms with Crippen molar-refractivity contribution in [3.63, 3.8) is 0 Å². The van der Waals surface area contributed by atoms with E-state index in [0.29, 0.717) is 11.8 Å². The van der Waals surface area contributed by atoms with Crippen LogP contribution in [0.5, 0.6) is 0 Å². The summed E-state index contributed by atoms with van der Waals surface area (Å²) in [4.78, 5) is 14.5. The number of oxazole rings is 1. The first kappa shape index (κ1) is 6.85. The summed E-state index contributed by atoms with van der Waals surface area (Å²) in [5.41, 5.74) is 0. The number of carbonyl (C=O) groups excluding carboxylic acids is 1. The minimum atomic E-state index is -0.579. The zero-order valence-corrected chi connectivity index (χ0v) is 6.47. The molecule has 11 heavy (non-hydrogen) atoms. The number of halogens is 1. The lowest BCUT2D eigenvalue weighted by Gasteiger charge is -1.84. The maximum atomic E-state index is 10.5. The van der Waals surface area contributed by atoms with Gasteiger partial charge >= 0.3 is 0 Å². The molecule has 58 valence electrons. The van der Waals surface area contributed by atoms with E-state index >= 15 is 0 Å². The fraction of sp³-hybridized carbons (Fsp3) is 0.429. The average Bonchev–Trinajstić information content (AvgIpc) is 2.68. The van der Waals surface area contributed by atoms with Crippen LogP contribution in [0.3, 0.4) is 0 Å². The molecule has 0 amide bonds. The molecule has 1 aromatic rings. The minimum Gasteiger partial charge on any atom is -0.436 e. The second-order valence-corrected chi connectivity index (χ2v) is 2.95. The van der Waals surface area contributed by atoms with Gasteiger partial charge < -0.3 is 4.42 Å². The van der Waals surface area contributed by atoms with Crippen LogP contribution < -0.4 is 0 Å². The van der Waals surface area contributed by atoms with Crippen LogP contribution in [0.1, 0.15) is 35.2 Å². The van der Waals surface area contributed by atoms with E-state index in [1.807, 2.05) is 0 Å². The number of aromatic nitrogens is 1. The highest BCUT2D eigenvalue weighted by molar-refractivity contribution is 6.67. The van der Waals surface area contributed by atoms with Gasteiger partial charge in [-0.25, -0.2) is 4.98 Å². The fourth-order valence-electron chi connectivity index (χ4n) is 0.898. The minimum absolute atomic E-state index is 0.147. The predicted octanol–water partition coefficient (Wildman–Crippen LogP) is 1.93. The molecule has 1 fully saturated rings. The largest absolute Gasteiger partial charge is 0.436 e. The predicted molar refractivity (Wildman–Crippen MR) is 38.7 cm³/mol. The Kier molecular flexibility index (Phi) is 1.46. The molecule has 1 aliphatic rings. The smallest absolute Gasteiger partial charge is 0.289 e. The van der Waals surface area contributed by atoms with Crippen LogP contribution in [0.15, 0.2) is 10.6 Å². The summed E-state index contributed by atoms with van der Waals surface area (Å²) in [6.45, 7) is 0. The Balaban J connectivity index is 2.25. The third-order valence-corrected chi connectivity index (χ3v) is 1.83. The molecule has 1 aromatic heterocycles. The molecule has 0 spiro atoms. The summed E-state index contributed by atoms with van der Waals surface area (Å²) < 4.78 is 5.08. The van der Waals surface area contributed by atoms with Gasteiger partial charge in [0.1, 0.15) is 0 Å². The topological polar surface area (TPSA) is 43.1 Å². The molecule has 0 radical (unpaired) electrons. The highest BCUT2D eigenvalue weighted by Gasteiger charge is 2.29. The number of rotatable bonds is 2. The van der Waals surface area contributed by atoms with Crippen molar-refractivity contribution in [3.05, 3.63) is 17.8 Å². The Morgan fingerprint density at radius 1 is 1.73 bits per heavy atom. The molecule has 1 aliphatic carbocycles. The second-order valence-electron chi connectivity index (χ2n) is 2.61. The second kappa shape index (κ2) is 2.34. The van der Waals surface area contributed by atoms with Gasteiger partial charge in [-0.2, -0.15) is 0 Å². The Labute approximate surface area is 68.4 Å². The molecule has 0 unspecified atom stereocenters. The maximum Gasteiger partial charge on any atom is 0.289 e. The number of nitrogens with zero attached hydrogens (tertiary/aromatic N) is 1. The summed E-state index contributed by atoms with van der Waals surface area (Å²) in [6, 6.07) is 0. The SMILES string of the molecule is O=C(Cl)c1cnc(C2CC2)o1. The van der Waals surface area contributed by atoms with E-state index < -0.39 is 5.24 Å². The van der Waals surface area contributed by atoms with Crippen molar-refractivity contribution in [2.45, 2.75) is 18.8 Å². The molecular formula is C7H6ClNO2. The quantitative estimate of drug-likeness (QED) is 0.639. The Morgan fingerprint density at radius 3 is 2.91 bits per heavy atom. The molecule has 1 heterocycles. The van der Waals surface area contributed by atoms with Crippen molar-refractivity contribution in [2.75, 3.05) is 0 Å². The summed E-state index contributed by atoms with van der Waals surface area (Å²) in [6.07, 6.45) is 3.59. The highest BCUT2D eigenvalue weighted by Crippen LogP contribution is 2.39. The van der Waals surface area contributed by atoms with Gasteiger partial charge in [-0.1, -0.05) is 0 Å². The average molecular weight is 172 g/mol. The molecule has 0 aliphatic heterocycles. The molecule has 0 bridgehead atoms. The van der Waals surface area contributed by atoms with Crippen molar-refractivity contribution >= 4 is 16.8 Å². The molecule has 0 saturated heterocycles. The molecule has 1 saturated carbocycles. The van der Waals surface area contributed by atoms with E-state index in [2.05, 4.69) is 4.98 Å². The highest BCUT2D eigenvalue weighted by atomic mass is 35.5. The van der Waals surface area contributed by atoms with E-state index in [1.54, 1.807) is 0 Å². The monoisotopic (exact) mass is 171 g/mol. The van der Waals surface area contributed by atoms with Crippen LogP contribution in [0.2, 0.25) is 0 Å². The third kappa shape index (κ3) is 1.28. The summed E-state index contributed by atoms with van der Waals surface area (Å²) in [5.74, 6) is 1.22. The normalized spacial score (nSPS) is 16.8. The molecule has 3 nitrogen and oxygen atoms in total. The van der Waals surface area contributed by atoms with Crippen LogP contribution in [0, 0.1) is 0 Å². The van der Waals surface area contributed by atoms with E-state index in [-0.39, 0.29) is 5.76 Å². The first-order valence-corrected chi connectivity index (χ1v) is 3.80. The lowest BCUT2D eigenvalue weighted by atomic mass is 10.4. The van der Waals surface area contributed by atoms with Crippen LogP contribution >= 0.6 is 11.6 Å². The molecular weight excluding hydrogens is 166 g/mol. The van der Waals surface area contributed by atoms with Gasteiger partial charge in [0.15, 0.2) is 5.89 Å². The van der Waals surface area contributed by atoms with Crippen molar-refractivity contribution in [1.82, 2.24) is 4.98 Å². The van der Waals surface area contributed by atoms with Crippen LogP contribution in [-0.2, 0) is 0 Å². The lowest BCUT2D eigenvalue weighted by Crippen LogP contribution is -1.82. The zero-order chi connectivity index (χ0) is 7.84. The molecule has 0 atom stereocenters. The number of hydrogen-bond donors (Lipinski definition) is 0. The van der Waals surface area contributed by atoms with Crippen molar-refractivity contribution in [1.29, 1.82) is 0 Å². The summed E-state index contributed by atoms with van der Waals surface area (Å²) in [7, 11) is 0. The van der Waals surface area contributed by atoms with Gasteiger partial charge in [0.05, 0.1) is 6.20 Å². The van der Waals surface area contributed by atoms with Crippen molar-refractivity contribution in [3.8, 4) is 0 Å². The summed E-state index contributed by atoms with van der Waals surface area (Å²) >= 11 is 5.17. The van der Waals surface area contributed by atoms with Gasteiger partial charge in [0.25, 0.3) is 5.24 Å². The zero-order valence-electron chi connectivity index (χ0n) is 5.71. The van der Waals surface area contributed by atoms with E-state index in [1.165, 1.54) is 6.20 Å². The fourth-order valence-corrected chi connectivity index (χ4v) is 0.985. The molecule has 0 aromatic carbocycles.